The van der Waals surface area contributed by atoms with Crippen molar-refractivity contribution >= 4 is 5.82 Å². The Morgan fingerprint density at radius 2 is 1.86 bits per heavy atom. The number of piperidine rings is 1. The average molecular weight is 496 g/mol. The zero-order valence-electron chi connectivity index (χ0n) is 20.7. The summed E-state index contributed by atoms with van der Waals surface area (Å²) in [5.74, 6) is 0.0953. The van der Waals surface area contributed by atoms with E-state index >= 15 is 0 Å². The second-order valence-corrected chi connectivity index (χ2v) is 10.3. The molecule has 8 nitrogen and oxygen atoms in total. The monoisotopic (exact) mass is 495 g/mol. The van der Waals surface area contributed by atoms with Crippen molar-refractivity contribution in [1.82, 2.24) is 29.6 Å². The quantitative estimate of drug-likeness (QED) is 0.535. The third-order valence-corrected chi connectivity index (χ3v) is 7.61. The standard InChI is InChI=1S/C26H31F2N7O/c1-17-3-4-22-20(11-17)12-33(16-26(27,28)21-14-36-15-21)13-24-31-32-25(35(22)24)19-6-9-34(10-7-19)23-5-8-29-18(2)30-23/h3-5,8,11,19,21H,6-7,9-10,12-16H2,1-2H3. The molecule has 0 saturated carbocycles. The number of alkyl halides is 2. The van der Waals surface area contributed by atoms with Crippen LogP contribution in [0.2, 0.25) is 0 Å². The van der Waals surface area contributed by atoms with E-state index in [4.69, 9.17) is 4.74 Å². The largest absolute Gasteiger partial charge is 0.380 e. The van der Waals surface area contributed by atoms with E-state index in [1.54, 1.807) is 6.20 Å². The van der Waals surface area contributed by atoms with Crippen LogP contribution in [0.15, 0.2) is 30.5 Å². The highest BCUT2D eigenvalue weighted by molar-refractivity contribution is 5.46. The molecule has 0 atom stereocenters. The van der Waals surface area contributed by atoms with Gasteiger partial charge >= 0.3 is 0 Å². The summed E-state index contributed by atoms with van der Waals surface area (Å²) >= 11 is 0. The van der Waals surface area contributed by atoms with Gasteiger partial charge in [-0.3, -0.25) is 9.47 Å². The second-order valence-electron chi connectivity index (χ2n) is 10.3. The minimum atomic E-state index is -2.80. The number of aromatic nitrogens is 5. The summed E-state index contributed by atoms with van der Waals surface area (Å²) in [5, 5.41) is 9.15. The molecule has 0 unspecified atom stereocenters. The van der Waals surface area contributed by atoms with E-state index in [1.807, 2.05) is 24.8 Å². The maximum absolute atomic E-state index is 14.9. The predicted molar refractivity (Wildman–Crippen MR) is 130 cm³/mol. The highest BCUT2D eigenvalue weighted by Gasteiger charge is 2.45. The molecule has 36 heavy (non-hydrogen) atoms. The lowest BCUT2D eigenvalue weighted by Gasteiger charge is -2.36. The number of hydrogen-bond acceptors (Lipinski definition) is 7. The maximum Gasteiger partial charge on any atom is 0.267 e. The first-order valence-corrected chi connectivity index (χ1v) is 12.6. The van der Waals surface area contributed by atoms with Gasteiger partial charge in [-0.2, -0.15) is 0 Å². The topological polar surface area (TPSA) is 72.2 Å². The molecule has 1 aromatic carbocycles. The van der Waals surface area contributed by atoms with Gasteiger partial charge in [0.25, 0.3) is 5.92 Å². The van der Waals surface area contributed by atoms with E-state index in [2.05, 4.69) is 47.8 Å². The molecule has 5 heterocycles. The minimum absolute atomic E-state index is 0.129. The van der Waals surface area contributed by atoms with Crippen molar-refractivity contribution in [2.45, 2.75) is 51.6 Å². The van der Waals surface area contributed by atoms with Crippen molar-refractivity contribution in [1.29, 1.82) is 0 Å². The van der Waals surface area contributed by atoms with Gasteiger partial charge in [0.2, 0.25) is 0 Å². The van der Waals surface area contributed by atoms with Crippen LogP contribution in [0, 0.1) is 19.8 Å². The van der Waals surface area contributed by atoms with Crippen LogP contribution >= 0.6 is 0 Å². The van der Waals surface area contributed by atoms with Crippen molar-refractivity contribution in [3.05, 3.63) is 59.1 Å². The molecule has 3 aliphatic rings. The van der Waals surface area contributed by atoms with Crippen LogP contribution in [-0.4, -0.2) is 68.4 Å². The third-order valence-electron chi connectivity index (χ3n) is 7.61. The van der Waals surface area contributed by atoms with Crippen LogP contribution in [-0.2, 0) is 17.8 Å². The molecule has 0 aliphatic carbocycles. The molecule has 6 rings (SSSR count). The Morgan fingerprint density at radius 1 is 1.06 bits per heavy atom. The highest BCUT2D eigenvalue weighted by atomic mass is 19.3. The van der Waals surface area contributed by atoms with Crippen LogP contribution in [0.3, 0.4) is 0 Å². The van der Waals surface area contributed by atoms with Gasteiger partial charge in [-0.25, -0.2) is 18.7 Å². The van der Waals surface area contributed by atoms with Crippen molar-refractivity contribution in [2.24, 2.45) is 5.92 Å². The van der Waals surface area contributed by atoms with E-state index in [1.165, 1.54) is 0 Å². The van der Waals surface area contributed by atoms with Gasteiger partial charge in [-0.15, -0.1) is 10.2 Å². The molecule has 3 aromatic rings. The minimum Gasteiger partial charge on any atom is -0.380 e. The van der Waals surface area contributed by atoms with Crippen molar-refractivity contribution in [3.63, 3.8) is 0 Å². The van der Waals surface area contributed by atoms with Crippen molar-refractivity contribution in [3.8, 4) is 5.69 Å². The van der Waals surface area contributed by atoms with Crippen LogP contribution in [0.1, 0.15) is 47.4 Å². The van der Waals surface area contributed by atoms with Crippen molar-refractivity contribution < 1.29 is 13.5 Å². The number of anilines is 1. The van der Waals surface area contributed by atoms with Gasteiger partial charge in [-0.1, -0.05) is 17.7 Å². The first-order valence-electron chi connectivity index (χ1n) is 12.6. The van der Waals surface area contributed by atoms with Crippen molar-refractivity contribution in [2.75, 3.05) is 37.7 Å². The molecule has 0 bridgehead atoms. The highest BCUT2D eigenvalue weighted by Crippen LogP contribution is 2.36. The fourth-order valence-electron chi connectivity index (χ4n) is 5.52. The predicted octanol–water partition coefficient (Wildman–Crippen LogP) is 3.66. The van der Waals surface area contributed by atoms with E-state index < -0.39 is 11.8 Å². The SMILES string of the molecule is Cc1ccc2c(c1)CN(CC(F)(F)C1COC1)Cc1nnc(C3CCN(c4ccnc(C)n4)CC3)n1-2. The summed E-state index contributed by atoms with van der Waals surface area (Å²) in [6.07, 6.45) is 3.64. The van der Waals surface area contributed by atoms with Gasteiger partial charge in [0.1, 0.15) is 17.5 Å². The molecule has 190 valence electrons. The number of fused-ring (bicyclic) bond motifs is 3. The summed E-state index contributed by atoms with van der Waals surface area (Å²) in [4.78, 5) is 12.9. The number of halogens is 2. The fourth-order valence-corrected chi connectivity index (χ4v) is 5.52. The molecule has 2 aromatic heterocycles. The first-order chi connectivity index (χ1) is 17.4. The van der Waals surface area contributed by atoms with Crippen LogP contribution in [0.4, 0.5) is 14.6 Å². The van der Waals surface area contributed by atoms with E-state index in [-0.39, 0.29) is 25.7 Å². The van der Waals surface area contributed by atoms with E-state index in [0.29, 0.717) is 13.1 Å². The Balaban J connectivity index is 1.27. The van der Waals surface area contributed by atoms with Gasteiger partial charge < -0.3 is 9.64 Å². The molecule has 0 radical (unpaired) electrons. The first kappa shape index (κ1) is 23.4. The van der Waals surface area contributed by atoms with Gasteiger partial charge in [0.05, 0.1) is 37.9 Å². The van der Waals surface area contributed by atoms with Gasteiger partial charge in [-0.05, 0) is 44.4 Å². The number of benzene rings is 1. The summed E-state index contributed by atoms with van der Waals surface area (Å²) in [7, 11) is 0. The fraction of sp³-hybridized carbons (Fsp3) is 0.538. The second kappa shape index (κ2) is 9.15. The van der Waals surface area contributed by atoms with Gasteiger partial charge in [0.15, 0.2) is 5.82 Å². The molecule has 0 spiro atoms. The average Bonchev–Trinajstić information content (AvgIpc) is 3.14. The van der Waals surface area contributed by atoms with Crippen LogP contribution < -0.4 is 4.90 Å². The lowest BCUT2D eigenvalue weighted by Crippen LogP contribution is -2.49. The number of rotatable bonds is 5. The molecule has 0 amide bonds. The van der Waals surface area contributed by atoms with Crippen LogP contribution in [0.5, 0.6) is 0 Å². The van der Waals surface area contributed by atoms with E-state index in [0.717, 1.165) is 66.0 Å². The molecule has 0 N–H and O–H groups in total. The Bertz CT molecular complexity index is 1250. The molecule has 2 saturated heterocycles. The normalized spacial score (nSPS) is 19.5. The third kappa shape index (κ3) is 4.37. The number of nitrogens with zero attached hydrogens (tertiary/aromatic N) is 7. The Hall–Kier alpha value is -2.98. The number of aryl methyl sites for hydroxylation is 2. The molecule has 3 aliphatic heterocycles. The maximum atomic E-state index is 14.9. The molecular weight excluding hydrogens is 464 g/mol. The number of ether oxygens (including phenoxy) is 1. The lowest BCUT2D eigenvalue weighted by molar-refractivity contribution is -0.179. The lowest BCUT2D eigenvalue weighted by atomic mass is 9.95. The smallest absolute Gasteiger partial charge is 0.267 e. The molecule has 10 heteroatoms. The zero-order chi connectivity index (χ0) is 24.9. The molecular formula is C26H31F2N7O. The summed E-state index contributed by atoms with van der Waals surface area (Å²) in [6, 6.07) is 8.21. The summed E-state index contributed by atoms with van der Waals surface area (Å²) in [6.45, 7) is 6.41. The van der Waals surface area contributed by atoms with Gasteiger partial charge in [0, 0.05) is 31.7 Å². The zero-order valence-corrected chi connectivity index (χ0v) is 20.7. The Morgan fingerprint density at radius 3 is 2.58 bits per heavy atom. The number of hydrogen-bond donors (Lipinski definition) is 0. The Kier molecular flexibility index (Phi) is 5.95. The summed E-state index contributed by atoms with van der Waals surface area (Å²) < 4.78 is 37.0. The Labute approximate surface area is 209 Å². The summed E-state index contributed by atoms with van der Waals surface area (Å²) in [5.41, 5.74) is 3.14. The van der Waals surface area contributed by atoms with E-state index in [9.17, 15) is 8.78 Å². The molecule has 2 fully saturated rings. The van der Waals surface area contributed by atoms with Crippen LogP contribution in [0.25, 0.3) is 5.69 Å².